The van der Waals surface area contributed by atoms with Gasteiger partial charge in [0.2, 0.25) is 0 Å². The normalized spacial score (nSPS) is 10.4. The third kappa shape index (κ3) is 4.47. The molecular weight excluding hydrogens is 282 g/mol. The van der Waals surface area contributed by atoms with E-state index in [9.17, 15) is 4.79 Å². The number of nitrogens with one attached hydrogen (secondary N) is 1. The zero-order valence-electron chi connectivity index (χ0n) is 12.1. The van der Waals surface area contributed by atoms with E-state index < -0.39 is 0 Å². The van der Waals surface area contributed by atoms with Gasteiger partial charge >= 0.3 is 0 Å². The molecule has 22 heavy (non-hydrogen) atoms. The summed E-state index contributed by atoms with van der Waals surface area (Å²) in [5.41, 5.74) is 13.9. The molecule has 0 spiro atoms. The van der Waals surface area contributed by atoms with Crippen molar-refractivity contribution in [2.24, 2.45) is 0 Å². The van der Waals surface area contributed by atoms with E-state index in [1.54, 1.807) is 30.3 Å². The van der Waals surface area contributed by atoms with E-state index in [1.165, 1.54) is 0 Å². The molecule has 5 N–H and O–H groups in total. The molecule has 6 nitrogen and oxygen atoms in total. The minimum absolute atomic E-state index is 0.227. The van der Waals surface area contributed by atoms with Crippen molar-refractivity contribution in [3.05, 3.63) is 59.7 Å². The van der Waals surface area contributed by atoms with Gasteiger partial charge in [-0.3, -0.25) is 4.79 Å². The number of anilines is 2. The maximum Gasteiger partial charge on any atom is 0.253 e. The van der Waals surface area contributed by atoms with Crippen LogP contribution in [-0.2, 0) is 16.4 Å². The summed E-state index contributed by atoms with van der Waals surface area (Å²) in [7, 11) is 0. The lowest BCUT2D eigenvalue weighted by Crippen LogP contribution is -2.27. The highest BCUT2D eigenvalue weighted by Gasteiger charge is 2.07. The summed E-state index contributed by atoms with van der Waals surface area (Å²) in [6, 6.07) is 14.3. The number of carbonyl (C=O) groups is 1. The van der Waals surface area contributed by atoms with Crippen molar-refractivity contribution in [1.29, 1.82) is 0 Å². The second-order valence-corrected chi connectivity index (χ2v) is 4.63. The topological polar surface area (TPSA) is 99.6 Å². The fourth-order valence-corrected chi connectivity index (χ4v) is 1.83. The molecule has 0 saturated heterocycles. The van der Waals surface area contributed by atoms with E-state index >= 15 is 0 Å². The number of para-hydroxylation sites is 2. The van der Waals surface area contributed by atoms with Crippen LogP contribution < -0.4 is 16.8 Å². The summed E-state index contributed by atoms with van der Waals surface area (Å²) in [5, 5.41) is 2.70. The average molecular weight is 301 g/mol. The summed E-state index contributed by atoms with van der Waals surface area (Å²) in [6.45, 7) is 0.801. The first-order valence-electron chi connectivity index (χ1n) is 6.89. The zero-order chi connectivity index (χ0) is 15.8. The molecule has 0 unspecified atom stereocenters. The van der Waals surface area contributed by atoms with E-state index in [-0.39, 0.29) is 19.1 Å². The maximum absolute atomic E-state index is 11.9. The van der Waals surface area contributed by atoms with Crippen LogP contribution in [0, 0.1) is 0 Å². The fraction of sp³-hybridized carbons (Fsp3) is 0.188. The van der Waals surface area contributed by atoms with Crippen molar-refractivity contribution in [2.45, 2.75) is 6.61 Å². The summed E-state index contributed by atoms with van der Waals surface area (Å²) >= 11 is 0. The number of hydrogen-bond acceptors (Lipinski definition) is 5. The maximum atomic E-state index is 11.9. The third-order valence-electron chi connectivity index (χ3n) is 3.03. The van der Waals surface area contributed by atoms with Crippen LogP contribution in [-0.4, -0.2) is 19.1 Å². The SMILES string of the molecule is Nc1ccccc1COOCCNC(=O)c1ccccc1N. The minimum Gasteiger partial charge on any atom is -0.398 e. The van der Waals surface area contributed by atoms with Gasteiger partial charge in [0, 0.05) is 23.5 Å². The van der Waals surface area contributed by atoms with Crippen LogP contribution >= 0.6 is 0 Å². The largest absolute Gasteiger partial charge is 0.398 e. The molecule has 2 rings (SSSR count). The Bertz CT molecular complexity index is 632. The van der Waals surface area contributed by atoms with Crippen molar-refractivity contribution in [3.63, 3.8) is 0 Å². The van der Waals surface area contributed by atoms with Gasteiger partial charge in [0.15, 0.2) is 0 Å². The molecule has 0 saturated carbocycles. The Morgan fingerprint density at radius 3 is 2.36 bits per heavy atom. The number of hydrogen-bond donors (Lipinski definition) is 3. The van der Waals surface area contributed by atoms with Crippen molar-refractivity contribution in [2.75, 3.05) is 24.6 Å². The van der Waals surface area contributed by atoms with Crippen LogP contribution in [0.3, 0.4) is 0 Å². The highest BCUT2D eigenvalue weighted by atomic mass is 17.2. The molecule has 6 heteroatoms. The number of amides is 1. The predicted molar refractivity (Wildman–Crippen MR) is 84.8 cm³/mol. The molecule has 0 radical (unpaired) electrons. The van der Waals surface area contributed by atoms with Gasteiger partial charge in [0.1, 0.15) is 6.61 Å². The molecular formula is C16H19N3O3. The van der Waals surface area contributed by atoms with Crippen LogP contribution in [0.25, 0.3) is 0 Å². The quantitative estimate of drug-likeness (QED) is 0.313. The van der Waals surface area contributed by atoms with Gasteiger partial charge < -0.3 is 16.8 Å². The predicted octanol–water partition coefficient (Wildman–Crippen LogP) is 1.73. The monoisotopic (exact) mass is 301 g/mol. The number of carbonyl (C=O) groups excluding carboxylic acids is 1. The summed E-state index contributed by atoms with van der Waals surface area (Å²) in [5.74, 6) is -0.242. The Kier molecular flexibility index (Phi) is 5.76. The number of nitrogen functional groups attached to an aromatic ring is 2. The molecule has 0 heterocycles. The van der Waals surface area contributed by atoms with Crippen molar-refractivity contribution >= 4 is 17.3 Å². The molecule has 2 aromatic rings. The molecule has 0 aliphatic heterocycles. The standard InChI is InChI=1S/C16H19N3O3/c17-14-7-3-1-5-12(14)11-22-21-10-9-19-16(20)13-6-2-4-8-15(13)18/h1-8H,9-11,17-18H2,(H,19,20). The molecule has 0 bridgehead atoms. The molecule has 0 aliphatic carbocycles. The van der Waals surface area contributed by atoms with Gasteiger partial charge in [-0.2, -0.15) is 0 Å². The lowest BCUT2D eigenvalue weighted by Gasteiger charge is -2.08. The third-order valence-corrected chi connectivity index (χ3v) is 3.03. The molecule has 116 valence electrons. The van der Waals surface area contributed by atoms with Gasteiger partial charge in [-0.05, 0) is 18.2 Å². The van der Waals surface area contributed by atoms with E-state index in [0.29, 0.717) is 23.5 Å². The molecule has 0 fully saturated rings. The Morgan fingerprint density at radius 1 is 0.955 bits per heavy atom. The van der Waals surface area contributed by atoms with E-state index in [4.69, 9.17) is 21.2 Å². The summed E-state index contributed by atoms with van der Waals surface area (Å²) in [6.07, 6.45) is 0. The first kappa shape index (κ1) is 15.8. The average Bonchev–Trinajstić information content (AvgIpc) is 2.52. The molecule has 0 aliphatic rings. The van der Waals surface area contributed by atoms with Crippen LogP contribution in [0.15, 0.2) is 48.5 Å². The molecule has 1 amide bonds. The van der Waals surface area contributed by atoms with Gasteiger partial charge in [-0.15, -0.1) is 0 Å². The summed E-state index contributed by atoms with van der Waals surface area (Å²) < 4.78 is 0. The number of rotatable bonds is 7. The number of nitrogens with two attached hydrogens (primary N) is 2. The Hall–Kier alpha value is -2.57. The van der Waals surface area contributed by atoms with Crippen LogP contribution in [0.2, 0.25) is 0 Å². The highest BCUT2D eigenvalue weighted by Crippen LogP contribution is 2.11. The van der Waals surface area contributed by atoms with Crippen molar-refractivity contribution in [3.8, 4) is 0 Å². The van der Waals surface area contributed by atoms with E-state index in [2.05, 4.69) is 5.32 Å². The Balaban J connectivity index is 1.65. The van der Waals surface area contributed by atoms with E-state index in [1.807, 2.05) is 18.2 Å². The fourth-order valence-electron chi connectivity index (χ4n) is 1.83. The lowest BCUT2D eigenvalue weighted by atomic mass is 10.2. The van der Waals surface area contributed by atoms with Crippen molar-refractivity contribution < 1.29 is 14.6 Å². The van der Waals surface area contributed by atoms with Crippen LogP contribution in [0.1, 0.15) is 15.9 Å². The molecule has 2 aromatic carbocycles. The lowest BCUT2D eigenvalue weighted by molar-refractivity contribution is -0.302. The Labute approximate surface area is 128 Å². The number of benzene rings is 2. The second-order valence-electron chi connectivity index (χ2n) is 4.63. The van der Waals surface area contributed by atoms with Gasteiger partial charge in [-0.1, -0.05) is 30.3 Å². The van der Waals surface area contributed by atoms with Gasteiger partial charge in [0.25, 0.3) is 5.91 Å². The Morgan fingerprint density at radius 2 is 1.64 bits per heavy atom. The minimum atomic E-state index is -0.242. The van der Waals surface area contributed by atoms with Gasteiger partial charge in [-0.25, -0.2) is 9.78 Å². The zero-order valence-corrected chi connectivity index (χ0v) is 12.1. The highest BCUT2D eigenvalue weighted by molar-refractivity contribution is 5.99. The van der Waals surface area contributed by atoms with Gasteiger partial charge in [0.05, 0.1) is 12.2 Å². The summed E-state index contributed by atoms with van der Waals surface area (Å²) in [4.78, 5) is 21.9. The van der Waals surface area contributed by atoms with Crippen LogP contribution in [0.5, 0.6) is 0 Å². The molecule has 0 atom stereocenters. The van der Waals surface area contributed by atoms with Crippen molar-refractivity contribution in [1.82, 2.24) is 5.32 Å². The second kappa shape index (κ2) is 8.02. The first-order chi connectivity index (χ1) is 10.7. The van der Waals surface area contributed by atoms with Crippen LogP contribution in [0.4, 0.5) is 11.4 Å². The van der Waals surface area contributed by atoms with E-state index in [0.717, 1.165) is 5.56 Å². The smallest absolute Gasteiger partial charge is 0.253 e. The molecule has 0 aromatic heterocycles. The first-order valence-corrected chi connectivity index (χ1v) is 6.89.